The third kappa shape index (κ3) is 0.916. The van der Waals surface area contributed by atoms with E-state index in [1.165, 1.54) is 5.69 Å². The standard InChI is InChI=1S/C10H11NO/c1-7-3-2-4-9-8(6-12)5-11-10(7)9/h2,4-7,11H,3H2,1H3. The molecule has 2 heteroatoms. The van der Waals surface area contributed by atoms with Crippen molar-refractivity contribution in [3.8, 4) is 0 Å². The number of aromatic amines is 1. The van der Waals surface area contributed by atoms with E-state index in [-0.39, 0.29) is 0 Å². The predicted molar refractivity (Wildman–Crippen MR) is 48.2 cm³/mol. The highest BCUT2D eigenvalue weighted by Crippen LogP contribution is 2.29. The molecule has 0 saturated carbocycles. The molecule has 0 amide bonds. The Morgan fingerprint density at radius 3 is 3.25 bits per heavy atom. The Morgan fingerprint density at radius 2 is 2.50 bits per heavy atom. The molecule has 1 aromatic heterocycles. The molecule has 1 unspecified atom stereocenters. The molecule has 0 fully saturated rings. The Labute approximate surface area is 71.3 Å². The lowest BCUT2D eigenvalue weighted by molar-refractivity contribution is 0.112. The van der Waals surface area contributed by atoms with E-state index in [1.807, 2.05) is 6.08 Å². The van der Waals surface area contributed by atoms with Gasteiger partial charge in [-0.25, -0.2) is 0 Å². The number of H-pyrrole nitrogens is 1. The number of allylic oxidation sites excluding steroid dienone is 1. The summed E-state index contributed by atoms with van der Waals surface area (Å²) in [6, 6.07) is 0. The number of aromatic nitrogens is 1. The van der Waals surface area contributed by atoms with Crippen LogP contribution >= 0.6 is 0 Å². The number of hydrogen-bond acceptors (Lipinski definition) is 1. The Kier molecular flexibility index (Phi) is 1.61. The number of nitrogens with one attached hydrogen (secondary N) is 1. The van der Waals surface area contributed by atoms with Crippen LogP contribution in [-0.4, -0.2) is 11.3 Å². The maximum atomic E-state index is 10.6. The van der Waals surface area contributed by atoms with Crippen LogP contribution in [0.15, 0.2) is 12.3 Å². The van der Waals surface area contributed by atoms with Crippen molar-refractivity contribution in [3.05, 3.63) is 29.1 Å². The fourth-order valence-corrected chi connectivity index (χ4v) is 1.67. The third-order valence-corrected chi connectivity index (χ3v) is 2.38. The first kappa shape index (κ1) is 7.35. The van der Waals surface area contributed by atoms with Crippen molar-refractivity contribution >= 4 is 12.4 Å². The number of fused-ring (bicyclic) bond motifs is 1. The van der Waals surface area contributed by atoms with Crippen LogP contribution in [0.1, 0.15) is 40.9 Å². The summed E-state index contributed by atoms with van der Waals surface area (Å²) < 4.78 is 0. The molecular weight excluding hydrogens is 150 g/mol. The zero-order valence-corrected chi connectivity index (χ0v) is 7.00. The topological polar surface area (TPSA) is 32.9 Å². The van der Waals surface area contributed by atoms with Crippen molar-refractivity contribution in [3.63, 3.8) is 0 Å². The molecule has 2 nitrogen and oxygen atoms in total. The summed E-state index contributed by atoms with van der Waals surface area (Å²) in [7, 11) is 0. The van der Waals surface area contributed by atoms with E-state index >= 15 is 0 Å². The maximum Gasteiger partial charge on any atom is 0.152 e. The Morgan fingerprint density at radius 1 is 1.67 bits per heavy atom. The van der Waals surface area contributed by atoms with Crippen molar-refractivity contribution < 1.29 is 4.79 Å². The molecule has 2 rings (SSSR count). The SMILES string of the molecule is CC1CC=Cc2c(C=O)c[nH]c21. The first-order valence-electron chi connectivity index (χ1n) is 4.16. The van der Waals surface area contributed by atoms with Crippen molar-refractivity contribution in [2.45, 2.75) is 19.3 Å². The first-order chi connectivity index (χ1) is 5.83. The molecule has 0 saturated heterocycles. The summed E-state index contributed by atoms with van der Waals surface area (Å²) >= 11 is 0. The monoisotopic (exact) mass is 161 g/mol. The van der Waals surface area contributed by atoms with Crippen LogP contribution in [0.4, 0.5) is 0 Å². The van der Waals surface area contributed by atoms with E-state index in [2.05, 4.69) is 18.0 Å². The van der Waals surface area contributed by atoms with Crippen molar-refractivity contribution in [2.75, 3.05) is 0 Å². The van der Waals surface area contributed by atoms with Gasteiger partial charge in [-0.2, -0.15) is 0 Å². The minimum atomic E-state index is 0.513. The molecule has 1 aliphatic rings. The summed E-state index contributed by atoms with van der Waals surface area (Å²) in [5.41, 5.74) is 3.04. The van der Waals surface area contributed by atoms with Crippen LogP contribution in [0, 0.1) is 0 Å². The minimum absolute atomic E-state index is 0.513. The Bertz CT molecular complexity index is 336. The molecular formula is C10H11NO. The second-order valence-electron chi connectivity index (χ2n) is 3.23. The van der Waals surface area contributed by atoms with E-state index < -0.39 is 0 Å². The Balaban J connectivity index is 2.57. The molecule has 1 atom stereocenters. The smallest absolute Gasteiger partial charge is 0.152 e. The van der Waals surface area contributed by atoms with E-state index in [0.29, 0.717) is 5.92 Å². The number of rotatable bonds is 1. The van der Waals surface area contributed by atoms with Crippen LogP contribution in [0.5, 0.6) is 0 Å². The zero-order chi connectivity index (χ0) is 8.55. The quantitative estimate of drug-likeness (QED) is 0.630. The second kappa shape index (κ2) is 2.63. The molecule has 0 aromatic carbocycles. The van der Waals surface area contributed by atoms with Gasteiger partial charge in [-0.1, -0.05) is 19.1 Å². The lowest BCUT2D eigenvalue weighted by atomic mass is 9.93. The van der Waals surface area contributed by atoms with Gasteiger partial charge in [0.1, 0.15) is 0 Å². The van der Waals surface area contributed by atoms with Gasteiger partial charge in [0.2, 0.25) is 0 Å². The van der Waals surface area contributed by atoms with E-state index in [1.54, 1.807) is 6.20 Å². The van der Waals surface area contributed by atoms with E-state index in [0.717, 1.165) is 23.8 Å². The lowest BCUT2D eigenvalue weighted by Crippen LogP contribution is -1.99. The average molecular weight is 161 g/mol. The minimum Gasteiger partial charge on any atom is -0.364 e. The molecule has 0 radical (unpaired) electrons. The molecule has 0 spiro atoms. The van der Waals surface area contributed by atoms with Crippen LogP contribution in [-0.2, 0) is 0 Å². The molecule has 1 N–H and O–H groups in total. The normalized spacial score (nSPS) is 20.6. The molecule has 1 aliphatic carbocycles. The summed E-state index contributed by atoms with van der Waals surface area (Å²) in [5.74, 6) is 0.513. The summed E-state index contributed by atoms with van der Waals surface area (Å²) in [5, 5.41) is 0. The Hall–Kier alpha value is -1.31. The van der Waals surface area contributed by atoms with Gasteiger partial charge in [-0.3, -0.25) is 4.79 Å². The molecule has 1 aromatic rings. The van der Waals surface area contributed by atoms with Crippen LogP contribution < -0.4 is 0 Å². The van der Waals surface area contributed by atoms with Gasteiger partial charge in [0.25, 0.3) is 0 Å². The van der Waals surface area contributed by atoms with Gasteiger partial charge in [-0.15, -0.1) is 0 Å². The van der Waals surface area contributed by atoms with Crippen LogP contribution in [0.2, 0.25) is 0 Å². The molecule has 12 heavy (non-hydrogen) atoms. The number of aldehydes is 1. The van der Waals surface area contributed by atoms with Gasteiger partial charge in [-0.05, 0) is 6.42 Å². The number of carbonyl (C=O) groups excluding carboxylic acids is 1. The van der Waals surface area contributed by atoms with Gasteiger partial charge in [0.05, 0.1) is 0 Å². The number of hydrogen-bond donors (Lipinski definition) is 1. The highest BCUT2D eigenvalue weighted by atomic mass is 16.1. The average Bonchev–Trinajstić information content (AvgIpc) is 2.49. The van der Waals surface area contributed by atoms with Gasteiger partial charge in [0.15, 0.2) is 6.29 Å². The molecule has 1 heterocycles. The fraction of sp³-hybridized carbons (Fsp3) is 0.300. The molecule has 0 bridgehead atoms. The summed E-state index contributed by atoms with van der Waals surface area (Å²) in [4.78, 5) is 13.7. The summed E-state index contributed by atoms with van der Waals surface area (Å²) in [6.45, 7) is 2.16. The van der Waals surface area contributed by atoms with Gasteiger partial charge < -0.3 is 4.98 Å². The van der Waals surface area contributed by atoms with Crippen LogP contribution in [0.3, 0.4) is 0 Å². The van der Waals surface area contributed by atoms with Gasteiger partial charge >= 0.3 is 0 Å². The molecule has 0 aliphatic heterocycles. The zero-order valence-electron chi connectivity index (χ0n) is 7.00. The maximum absolute atomic E-state index is 10.6. The van der Waals surface area contributed by atoms with Crippen molar-refractivity contribution in [1.82, 2.24) is 4.98 Å². The third-order valence-electron chi connectivity index (χ3n) is 2.38. The van der Waals surface area contributed by atoms with Crippen molar-refractivity contribution in [2.24, 2.45) is 0 Å². The highest BCUT2D eigenvalue weighted by molar-refractivity contribution is 5.83. The van der Waals surface area contributed by atoms with Crippen LogP contribution in [0.25, 0.3) is 6.08 Å². The highest BCUT2D eigenvalue weighted by Gasteiger charge is 2.16. The largest absolute Gasteiger partial charge is 0.364 e. The number of carbonyl (C=O) groups is 1. The van der Waals surface area contributed by atoms with Crippen molar-refractivity contribution in [1.29, 1.82) is 0 Å². The summed E-state index contributed by atoms with van der Waals surface area (Å²) in [6.07, 6.45) is 7.89. The molecule has 62 valence electrons. The predicted octanol–water partition coefficient (Wildman–Crippen LogP) is 2.35. The lowest BCUT2D eigenvalue weighted by Gasteiger charge is -2.13. The second-order valence-corrected chi connectivity index (χ2v) is 3.23. The first-order valence-corrected chi connectivity index (χ1v) is 4.16. The van der Waals surface area contributed by atoms with Gasteiger partial charge in [0, 0.05) is 28.9 Å². The van der Waals surface area contributed by atoms with E-state index in [4.69, 9.17) is 0 Å². The van der Waals surface area contributed by atoms with E-state index in [9.17, 15) is 4.79 Å². The fourth-order valence-electron chi connectivity index (χ4n) is 1.67.